The first kappa shape index (κ1) is 23.8. The van der Waals surface area contributed by atoms with Gasteiger partial charge in [-0.2, -0.15) is 0 Å². The molecule has 0 aromatic heterocycles. The van der Waals surface area contributed by atoms with Crippen LogP contribution in [0.4, 0.5) is 4.39 Å². The number of amides is 2. The van der Waals surface area contributed by atoms with Gasteiger partial charge in [-0.05, 0) is 41.5 Å². The molecule has 0 bridgehead atoms. The van der Waals surface area contributed by atoms with E-state index in [1.54, 1.807) is 18.2 Å². The van der Waals surface area contributed by atoms with Crippen molar-refractivity contribution in [3.05, 3.63) is 68.9 Å². The molecule has 160 valence electrons. The lowest BCUT2D eigenvalue weighted by Crippen LogP contribution is -2.53. The first-order chi connectivity index (χ1) is 14.2. The van der Waals surface area contributed by atoms with Crippen LogP contribution in [0.5, 0.6) is 0 Å². The minimum Gasteiger partial charge on any atom is -0.467 e. The number of nitrogens with one attached hydrogen (secondary N) is 2. The van der Waals surface area contributed by atoms with Crippen LogP contribution in [0.25, 0.3) is 0 Å². The predicted molar refractivity (Wildman–Crippen MR) is 115 cm³/mol. The molecule has 6 nitrogen and oxygen atoms in total. The highest BCUT2D eigenvalue weighted by molar-refractivity contribution is 9.10. The minimum atomic E-state index is -0.998. The molecule has 2 aromatic rings. The predicted octanol–water partition coefficient (Wildman–Crippen LogP) is 3.19. The van der Waals surface area contributed by atoms with Crippen molar-refractivity contribution in [2.24, 2.45) is 0 Å². The van der Waals surface area contributed by atoms with Gasteiger partial charge in [0.15, 0.2) is 0 Å². The van der Waals surface area contributed by atoms with E-state index < -0.39 is 35.7 Å². The number of esters is 1. The molecule has 2 rings (SSSR count). The van der Waals surface area contributed by atoms with E-state index in [0.29, 0.717) is 16.1 Å². The highest BCUT2D eigenvalue weighted by atomic mass is 79.9. The van der Waals surface area contributed by atoms with E-state index >= 15 is 0 Å². The Kier molecular flexibility index (Phi) is 8.80. The zero-order valence-electron chi connectivity index (χ0n) is 16.4. The Morgan fingerprint density at radius 1 is 1.07 bits per heavy atom. The van der Waals surface area contributed by atoms with Crippen LogP contribution in [-0.4, -0.2) is 37.0 Å². The van der Waals surface area contributed by atoms with Gasteiger partial charge in [-0.25, -0.2) is 9.18 Å². The third kappa shape index (κ3) is 7.11. The fourth-order valence-electron chi connectivity index (χ4n) is 2.84. The van der Waals surface area contributed by atoms with E-state index in [1.165, 1.54) is 38.3 Å². The molecule has 0 aliphatic heterocycles. The summed E-state index contributed by atoms with van der Waals surface area (Å²) in [4.78, 5) is 36.7. The molecular weight excluding hydrogens is 479 g/mol. The molecule has 2 amide bonds. The first-order valence-electron chi connectivity index (χ1n) is 9.03. The lowest BCUT2D eigenvalue weighted by molar-refractivity contribution is -0.145. The van der Waals surface area contributed by atoms with E-state index in [1.807, 2.05) is 0 Å². The van der Waals surface area contributed by atoms with Crippen LogP contribution in [0.2, 0.25) is 5.02 Å². The van der Waals surface area contributed by atoms with Gasteiger partial charge in [0.1, 0.15) is 17.9 Å². The second-order valence-electron chi connectivity index (χ2n) is 6.61. The number of benzene rings is 2. The monoisotopic (exact) mass is 498 g/mol. The Balaban J connectivity index is 2.20. The molecule has 2 N–H and O–H groups in total. The van der Waals surface area contributed by atoms with Crippen molar-refractivity contribution in [3.8, 4) is 0 Å². The molecule has 0 aliphatic carbocycles. The summed E-state index contributed by atoms with van der Waals surface area (Å²) in [6.45, 7) is 1.28. The van der Waals surface area contributed by atoms with Crippen LogP contribution in [0, 0.1) is 5.82 Å². The molecule has 0 heterocycles. The minimum absolute atomic E-state index is 0.125. The van der Waals surface area contributed by atoms with Crippen LogP contribution < -0.4 is 10.6 Å². The fraction of sp³-hybridized carbons (Fsp3) is 0.286. The zero-order chi connectivity index (χ0) is 22.3. The van der Waals surface area contributed by atoms with Crippen molar-refractivity contribution in [3.63, 3.8) is 0 Å². The van der Waals surface area contributed by atoms with Gasteiger partial charge in [-0.3, -0.25) is 9.59 Å². The Bertz CT molecular complexity index is 924. The third-order valence-electron chi connectivity index (χ3n) is 4.28. The summed E-state index contributed by atoms with van der Waals surface area (Å²) in [6.07, 6.45) is 0.253. The lowest BCUT2D eigenvalue weighted by atomic mass is 10.0. The molecule has 30 heavy (non-hydrogen) atoms. The van der Waals surface area contributed by atoms with Gasteiger partial charge in [-0.1, -0.05) is 39.7 Å². The van der Waals surface area contributed by atoms with Gasteiger partial charge < -0.3 is 15.4 Å². The Labute approximate surface area is 187 Å². The maximum atomic E-state index is 13.1. The summed E-state index contributed by atoms with van der Waals surface area (Å²) >= 11 is 9.43. The zero-order valence-corrected chi connectivity index (χ0v) is 18.7. The lowest BCUT2D eigenvalue weighted by Gasteiger charge is -2.22. The van der Waals surface area contributed by atoms with Gasteiger partial charge in [0.05, 0.1) is 7.11 Å². The van der Waals surface area contributed by atoms with Gasteiger partial charge in [0.25, 0.3) is 0 Å². The summed E-state index contributed by atoms with van der Waals surface area (Å²) in [5.41, 5.74) is 1.35. The highest BCUT2D eigenvalue weighted by Crippen LogP contribution is 2.22. The topological polar surface area (TPSA) is 84.5 Å². The molecule has 0 unspecified atom stereocenters. The summed E-state index contributed by atoms with van der Waals surface area (Å²) in [7, 11) is 1.22. The van der Waals surface area contributed by atoms with E-state index in [0.717, 1.165) is 4.47 Å². The summed E-state index contributed by atoms with van der Waals surface area (Å²) in [6, 6.07) is 8.75. The Morgan fingerprint density at radius 2 is 1.73 bits per heavy atom. The van der Waals surface area contributed by atoms with E-state index in [-0.39, 0.29) is 12.8 Å². The van der Waals surface area contributed by atoms with Crippen molar-refractivity contribution in [1.82, 2.24) is 10.6 Å². The van der Waals surface area contributed by atoms with Gasteiger partial charge in [0.2, 0.25) is 11.8 Å². The second-order valence-corrected chi connectivity index (χ2v) is 7.90. The van der Waals surface area contributed by atoms with Crippen LogP contribution in [0.3, 0.4) is 0 Å². The van der Waals surface area contributed by atoms with E-state index in [4.69, 9.17) is 16.3 Å². The van der Waals surface area contributed by atoms with Crippen LogP contribution in [0.1, 0.15) is 18.1 Å². The van der Waals surface area contributed by atoms with Crippen LogP contribution in [0.15, 0.2) is 46.9 Å². The number of hydrogen-bond donors (Lipinski definition) is 2. The maximum Gasteiger partial charge on any atom is 0.328 e. The molecule has 0 fully saturated rings. The summed E-state index contributed by atoms with van der Waals surface area (Å²) in [5.74, 6) is -2.02. The molecule has 0 aliphatic rings. The number of halogens is 3. The largest absolute Gasteiger partial charge is 0.467 e. The molecule has 9 heteroatoms. The SMILES string of the molecule is COC(=O)[C@H](Cc1cc(Cl)ccc1Br)NC(=O)[C@@H](Cc1ccc(F)cc1)NC(C)=O. The third-order valence-corrected chi connectivity index (χ3v) is 5.29. The maximum absolute atomic E-state index is 13.1. The van der Waals surface area contributed by atoms with Crippen molar-refractivity contribution in [1.29, 1.82) is 0 Å². The summed E-state index contributed by atoms with van der Waals surface area (Å²) < 4.78 is 18.7. The van der Waals surface area contributed by atoms with Gasteiger partial charge >= 0.3 is 5.97 Å². The molecule has 0 saturated carbocycles. The van der Waals surface area contributed by atoms with E-state index in [2.05, 4.69) is 26.6 Å². The second kappa shape index (κ2) is 11.1. The Morgan fingerprint density at radius 3 is 2.33 bits per heavy atom. The number of hydrogen-bond acceptors (Lipinski definition) is 4. The summed E-state index contributed by atoms with van der Waals surface area (Å²) in [5, 5.41) is 5.68. The first-order valence-corrected chi connectivity index (χ1v) is 10.2. The fourth-order valence-corrected chi connectivity index (χ4v) is 3.44. The number of rotatable bonds is 8. The highest BCUT2D eigenvalue weighted by Gasteiger charge is 2.28. The molecular formula is C21H21BrClFN2O4. The van der Waals surface area contributed by atoms with Gasteiger partial charge in [-0.15, -0.1) is 0 Å². The number of methoxy groups -OCH3 is 1. The van der Waals surface area contributed by atoms with Crippen LogP contribution in [-0.2, 0) is 32.0 Å². The standard InChI is InChI=1S/C21H21BrClFN2O4/c1-12(27)25-18(9-13-3-6-16(24)7-4-13)20(28)26-19(21(29)30-2)11-14-10-15(23)5-8-17(14)22/h3-8,10,18-19H,9,11H2,1-2H3,(H,25,27)(H,26,28)/t18-,19+/m1/s1. The average Bonchev–Trinajstić information content (AvgIpc) is 2.70. The van der Waals surface area contributed by atoms with Crippen molar-refractivity contribution < 1.29 is 23.5 Å². The number of ether oxygens (including phenoxy) is 1. The van der Waals surface area contributed by atoms with Crippen LogP contribution >= 0.6 is 27.5 Å². The van der Waals surface area contributed by atoms with Crippen molar-refractivity contribution in [2.45, 2.75) is 31.8 Å². The quantitative estimate of drug-likeness (QED) is 0.547. The smallest absolute Gasteiger partial charge is 0.328 e. The molecule has 2 aromatic carbocycles. The van der Waals surface area contributed by atoms with Gasteiger partial charge in [0, 0.05) is 29.3 Å². The normalized spacial score (nSPS) is 12.6. The molecule has 0 spiro atoms. The van der Waals surface area contributed by atoms with Crippen molar-refractivity contribution >= 4 is 45.3 Å². The molecule has 0 saturated heterocycles. The Hall–Kier alpha value is -2.45. The molecule has 2 atom stereocenters. The number of carbonyl (C=O) groups excluding carboxylic acids is 3. The molecule has 0 radical (unpaired) electrons. The average molecular weight is 500 g/mol. The number of carbonyl (C=O) groups is 3. The van der Waals surface area contributed by atoms with Crippen molar-refractivity contribution in [2.75, 3.05) is 7.11 Å². The van der Waals surface area contributed by atoms with E-state index in [9.17, 15) is 18.8 Å².